The number of hydrogen-bond acceptors (Lipinski definition) is 4. The average Bonchev–Trinajstić information content (AvgIpc) is 2.76. The molecule has 0 bridgehead atoms. The summed E-state index contributed by atoms with van der Waals surface area (Å²) in [5.41, 5.74) is 0.542. The maximum atomic E-state index is 12.4. The zero-order valence-electron chi connectivity index (χ0n) is 11.1. The van der Waals surface area contributed by atoms with E-state index in [1.165, 1.54) is 6.92 Å². The molecule has 3 N–H and O–H groups in total. The molecule has 9 heteroatoms. The molecule has 0 amide bonds. The number of H-pyrrole nitrogens is 1. The zero-order valence-corrected chi connectivity index (χ0v) is 12.7. The number of benzene rings is 1. The van der Waals surface area contributed by atoms with Gasteiger partial charge in [-0.2, -0.15) is 5.10 Å². The van der Waals surface area contributed by atoms with Crippen molar-refractivity contribution in [2.24, 2.45) is 0 Å². The molecule has 0 saturated heterocycles. The molecule has 0 atom stereocenters. The number of nitrogens with zero attached hydrogens (tertiary/aromatic N) is 1. The second kappa shape index (κ2) is 5.38. The van der Waals surface area contributed by atoms with Crippen LogP contribution in [0.15, 0.2) is 23.1 Å². The fourth-order valence-corrected chi connectivity index (χ4v) is 3.42. The van der Waals surface area contributed by atoms with E-state index in [-0.39, 0.29) is 16.4 Å². The maximum absolute atomic E-state index is 12.4. The summed E-state index contributed by atoms with van der Waals surface area (Å²) < 4.78 is 27.0. The molecule has 0 aliphatic rings. The summed E-state index contributed by atoms with van der Waals surface area (Å²) in [6, 6.07) is 4.83. The highest BCUT2D eigenvalue weighted by molar-refractivity contribution is 7.92. The second-order valence-corrected chi connectivity index (χ2v) is 6.45. The van der Waals surface area contributed by atoms with Crippen LogP contribution < -0.4 is 4.72 Å². The Morgan fingerprint density at radius 3 is 2.67 bits per heavy atom. The molecular weight excluding hydrogens is 318 g/mol. The molecular formula is C12H12ClN3O4S. The molecule has 0 aliphatic carbocycles. The van der Waals surface area contributed by atoms with Crippen molar-refractivity contribution >= 4 is 33.3 Å². The highest BCUT2D eigenvalue weighted by atomic mass is 35.5. The van der Waals surface area contributed by atoms with E-state index in [4.69, 9.17) is 16.7 Å². The number of aromatic nitrogens is 2. The average molecular weight is 330 g/mol. The number of anilines is 1. The van der Waals surface area contributed by atoms with Gasteiger partial charge in [0.15, 0.2) is 5.69 Å². The standard InChI is InChI=1S/C12H12ClN3O4S/c1-6-3-4-8(13)9(5-6)16-21(19,20)11-7(2)14-15-10(11)12(17)18/h3-5,16H,1-2H3,(H,14,15)(H,17,18). The number of sulfonamides is 1. The smallest absolute Gasteiger partial charge is 0.357 e. The molecule has 1 aromatic heterocycles. The SMILES string of the molecule is Cc1ccc(Cl)c(NS(=O)(=O)c2c(C(=O)O)n[nH]c2C)c1. The Kier molecular flexibility index (Phi) is 3.93. The van der Waals surface area contributed by atoms with Crippen LogP contribution in [0, 0.1) is 13.8 Å². The lowest BCUT2D eigenvalue weighted by Crippen LogP contribution is -2.17. The zero-order chi connectivity index (χ0) is 15.8. The third-order valence-electron chi connectivity index (χ3n) is 2.73. The monoisotopic (exact) mass is 329 g/mol. The first kappa shape index (κ1) is 15.3. The number of aryl methyl sites for hydroxylation is 2. The van der Waals surface area contributed by atoms with Gasteiger partial charge in [-0.05, 0) is 31.5 Å². The summed E-state index contributed by atoms with van der Waals surface area (Å²) in [6.45, 7) is 3.20. The Bertz CT molecular complexity index is 814. The van der Waals surface area contributed by atoms with Crippen LogP contribution in [0.5, 0.6) is 0 Å². The van der Waals surface area contributed by atoms with Crippen LogP contribution >= 0.6 is 11.6 Å². The number of rotatable bonds is 4. The van der Waals surface area contributed by atoms with Crippen LogP contribution in [0.3, 0.4) is 0 Å². The van der Waals surface area contributed by atoms with Crippen molar-refractivity contribution in [1.82, 2.24) is 10.2 Å². The Balaban J connectivity index is 2.51. The minimum atomic E-state index is -4.12. The van der Waals surface area contributed by atoms with Crippen molar-refractivity contribution in [2.45, 2.75) is 18.7 Å². The highest BCUT2D eigenvalue weighted by Gasteiger charge is 2.28. The van der Waals surface area contributed by atoms with Crippen molar-refractivity contribution in [1.29, 1.82) is 0 Å². The van der Waals surface area contributed by atoms with Gasteiger partial charge in [0, 0.05) is 0 Å². The van der Waals surface area contributed by atoms with Crippen LogP contribution in [-0.2, 0) is 10.0 Å². The first-order valence-electron chi connectivity index (χ1n) is 5.79. The Morgan fingerprint density at radius 1 is 1.38 bits per heavy atom. The van der Waals surface area contributed by atoms with Crippen LogP contribution in [0.1, 0.15) is 21.7 Å². The van der Waals surface area contributed by atoms with Crippen LogP contribution in [-0.4, -0.2) is 29.7 Å². The van der Waals surface area contributed by atoms with Gasteiger partial charge in [0.25, 0.3) is 10.0 Å². The number of hydrogen-bond donors (Lipinski definition) is 3. The van der Waals surface area contributed by atoms with Gasteiger partial charge in [-0.25, -0.2) is 13.2 Å². The Hall–Kier alpha value is -2.06. The molecule has 1 aromatic carbocycles. The number of aromatic amines is 1. The lowest BCUT2D eigenvalue weighted by Gasteiger charge is -2.10. The minimum absolute atomic E-state index is 0.128. The number of carboxylic acid groups (broad SMARTS) is 1. The summed E-state index contributed by atoms with van der Waals surface area (Å²) in [7, 11) is -4.12. The normalized spacial score (nSPS) is 11.4. The fourth-order valence-electron chi connectivity index (χ4n) is 1.81. The highest BCUT2D eigenvalue weighted by Crippen LogP contribution is 2.27. The predicted octanol–water partition coefficient (Wildman–Crippen LogP) is 2.18. The van der Waals surface area contributed by atoms with Crippen LogP contribution in [0.4, 0.5) is 5.69 Å². The van der Waals surface area contributed by atoms with Gasteiger partial charge in [-0.3, -0.25) is 9.82 Å². The van der Waals surface area contributed by atoms with E-state index in [1.54, 1.807) is 25.1 Å². The van der Waals surface area contributed by atoms with E-state index in [1.807, 2.05) is 0 Å². The number of nitrogens with one attached hydrogen (secondary N) is 2. The Morgan fingerprint density at radius 2 is 2.05 bits per heavy atom. The molecule has 0 spiro atoms. The summed E-state index contributed by atoms with van der Waals surface area (Å²) in [5, 5.41) is 15.1. The van der Waals surface area contributed by atoms with Gasteiger partial charge in [0.05, 0.1) is 16.4 Å². The van der Waals surface area contributed by atoms with Crippen molar-refractivity contribution < 1.29 is 18.3 Å². The molecule has 112 valence electrons. The van der Waals surface area contributed by atoms with Gasteiger partial charge in [-0.1, -0.05) is 17.7 Å². The minimum Gasteiger partial charge on any atom is -0.476 e. The van der Waals surface area contributed by atoms with Crippen molar-refractivity contribution in [3.05, 3.63) is 40.2 Å². The van der Waals surface area contributed by atoms with E-state index in [0.717, 1.165) is 5.56 Å². The van der Waals surface area contributed by atoms with Crippen molar-refractivity contribution in [3.8, 4) is 0 Å². The third-order valence-corrected chi connectivity index (χ3v) is 4.58. The topological polar surface area (TPSA) is 112 Å². The molecule has 0 unspecified atom stereocenters. The predicted molar refractivity (Wildman–Crippen MR) is 77.3 cm³/mol. The van der Waals surface area contributed by atoms with E-state index in [9.17, 15) is 13.2 Å². The van der Waals surface area contributed by atoms with Gasteiger partial charge in [-0.15, -0.1) is 0 Å². The molecule has 0 saturated carbocycles. The molecule has 0 aliphatic heterocycles. The van der Waals surface area contributed by atoms with E-state index in [2.05, 4.69) is 14.9 Å². The number of carbonyl (C=O) groups is 1. The van der Waals surface area contributed by atoms with Crippen molar-refractivity contribution in [3.63, 3.8) is 0 Å². The van der Waals surface area contributed by atoms with E-state index < -0.39 is 26.6 Å². The van der Waals surface area contributed by atoms with E-state index in [0.29, 0.717) is 0 Å². The lowest BCUT2D eigenvalue weighted by atomic mass is 10.2. The van der Waals surface area contributed by atoms with Gasteiger partial charge < -0.3 is 5.11 Å². The molecule has 1 heterocycles. The molecule has 0 radical (unpaired) electrons. The van der Waals surface area contributed by atoms with Gasteiger partial charge in [0.2, 0.25) is 0 Å². The van der Waals surface area contributed by atoms with Crippen molar-refractivity contribution in [2.75, 3.05) is 4.72 Å². The number of carboxylic acids is 1. The number of halogens is 1. The molecule has 7 nitrogen and oxygen atoms in total. The first-order chi connectivity index (χ1) is 9.72. The molecule has 21 heavy (non-hydrogen) atoms. The molecule has 2 rings (SSSR count). The summed E-state index contributed by atoms with van der Waals surface area (Å²) in [6.07, 6.45) is 0. The Labute approximate surface area is 126 Å². The first-order valence-corrected chi connectivity index (χ1v) is 7.65. The third kappa shape index (κ3) is 3.01. The van der Waals surface area contributed by atoms with Gasteiger partial charge >= 0.3 is 5.97 Å². The summed E-state index contributed by atoms with van der Waals surface area (Å²) in [4.78, 5) is 10.6. The number of aromatic carboxylic acids is 1. The second-order valence-electron chi connectivity index (χ2n) is 4.42. The summed E-state index contributed by atoms with van der Waals surface area (Å²) >= 11 is 5.94. The van der Waals surface area contributed by atoms with Crippen LogP contribution in [0.2, 0.25) is 5.02 Å². The molecule has 0 fully saturated rings. The molecule has 2 aromatic rings. The fraction of sp³-hybridized carbons (Fsp3) is 0.167. The lowest BCUT2D eigenvalue weighted by molar-refractivity contribution is 0.0686. The van der Waals surface area contributed by atoms with Gasteiger partial charge in [0.1, 0.15) is 4.90 Å². The maximum Gasteiger partial charge on any atom is 0.357 e. The summed E-state index contributed by atoms with van der Waals surface area (Å²) in [5.74, 6) is -1.44. The van der Waals surface area contributed by atoms with Crippen LogP contribution in [0.25, 0.3) is 0 Å². The largest absolute Gasteiger partial charge is 0.476 e. The van der Waals surface area contributed by atoms with E-state index >= 15 is 0 Å². The quantitative estimate of drug-likeness (QED) is 0.795.